The van der Waals surface area contributed by atoms with E-state index in [1.165, 1.54) is 50.3 Å². The predicted octanol–water partition coefficient (Wildman–Crippen LogP) is 4.79. The standard InChI is InChI=1S/C18H31NO2S/c1-4-5-6-7-8-9-10-11-12-13-14-15-19-16(20)18(2,3)22-17(19)21/h1,16,20H,5-15H2,2-3H3. The van der Waals surface area contributed by atoms with Gasteiger partial charge in [0.2, 0.25) is 0 Å². The molecule has 22 heavy (non-hydrogen) atoms. The Morgan fingerprint density at radius 3 is 2.05 bits per heavy atom. The second-order valence-electron chi connectivity index (χ2n) is 6.67. The number of carbonyl (C=O) groups is 1. The average molecular weight is 326 g/mol. The molecule has 0 radical (unpaired) electrons. The second-order valence-corrected chi connectivity index (χ2v) is 8.28. The average Bonchev–Trinajstić information content (AvgIpc) is 2.66. The predicted molar refractivity (Wildman–Crippen MR) is 94.8 cm³/mol. The molecule has 0 bridgehead atoms. The minimum absolute atomic E-state index is 0.0180. The van der Waals surface area contributed by atoms with Crippen LogP contribution in [0.4, 0.5) is 4.79 Å². The third kappa shape index (κ3) is 6.62. The lowest BCUT2D eigenvalue weighted by Crippen LogP contribution is -2.41. The van der Waals surface area contributed by atoms with E-state index in [-0.39, 0.29) is 9.99 Å². The molecule has 1 N–H and O–H groups in total. The largest absolute Gasteiger partial charge is 0.372 e. The topological polar surface area (TPSA) is 40.5 Å². The van der Waals surface area contributed by atoms with Crippen LogP contribution in [0.1, 0.15) is 78.1 Å². The number of rotatable bonds is 11. The van der Waals surface area contributed by atoms with Gasteiger partial charge >= 0.3 is 0 Å². The summed E-state index contributed by atoms with van der Waals surface area (Å²) in [5.74, 6) is 2.68. The van der Waals surface area contributed by atoms with Gasteiger partial charge in [0.15, 0.2) is 0 Å². The Hall–Kier alpha value is -0.660. The minimum Gasteiger partial charge on any atom is -0.372 e. The molecule has 4 heteroatoms. The van der Waals surface area contributed by atoms with Crippen LogP contribution in [0, 0.1) is 12.3 Å². The van der Waals surface area contributed by atoms with Crippen molar-refractivity contribution >= 4 is 17.0 Å². The zero-order valence-corrected chi connectivity index (χ0v) is 15.0. The zero-order valence-electron chi connectivity index (χ0n) is 14.1. The summed E-state index contributed by atoms with van der Waals surface area (Å²) < 4.78 is -0.378. The van der Waals surface area contributed by atoms with E-state index in [9.17, 15) is 9.90 Å². The van der Waals surface area contributed by atoms with Crippen molar-refractivity contribution in [2.75, 3.05) is 6.54 Å². The Morgan fingerprint density at radius 2 is 1.59 bits per heavy atom. The van der Waals surface area contributed by atoms with Crippen LogP contribution in [0.5, 0.6) is 0 Å². The van der Waals surface area contributed by atoms with Crippen molar-refractivity contribution in [1.29, 1.82) is 0 Å². The number of hydrogen-bond acceptors (Lipinski definition) is 3. The van der Waals surface area contributed by atoms with Crippen LogP contribution >= 0.6 is 11.8 Å². The molecule has 1 aliphatic rings. The maximum atomic E-state index is 11.8. The van der Waals surface area contributed by atoms with Gasteiger partial charge in [-0.25, -0.2) is 0 Å². The lowest BCUT2D eigenvalue weighted by atomic mass is 10.1. The summed E-state index contributed by atoms with van der Waals surface area (Å²) >= 11 is 1.25. The van der Waals surface area contributed by atoms with Crippen molar-refractivity contribution in [2.45, 2.75) is 89.0 Å². The molecule has 1 rings (SSSR count). The Balaban J connectivity index is 1.96. The van der Waals surface area contributed by atoms with E-state index in [0.29, 0.717) is 6.54 Å². The van der Waals surface area contributed by atoms with Crippen molar-refractivity contribution in [1.82, 2.24) is 4.90 Å². The number of thioether (sulfide) groups is 1. The Bertz CT molecular complexity index is 376. The molecule has 1 aliphatic heterocycles. The maximum Gasteiger partial charge on any atom is 0.284 e. The first-order valence-electron chi connectivity index (χ1n) is 8.60. The number of unbranched alkanes of at least 4 members (excludes halogenated alkanes) is 9. The summed E-state index contributed by atoms with van der Waals surface area (Å²) in [4.78, 5) is 13.5. The van der Waals surface area contributed by atoms with Gasteiger partial charge in [-0.1, -0.05) is 56.7 Å². The third-order valence-corrected chi connectivity index (χ3v) is 5.37. The monoisotopic (exact) mass is 325 g/mol. The number of nitrogens with zero attached hydrogens (tertiary/aromatic N) is 1. The summed E-state index contributed by atoms with van der Waals surface area (Å²) in [5, 5.41) is 10.1. The SMILES string of the molecule is C#CCCCCCCCCCCCN1C(=O)SC(C)(C)C1O. The first-order chi connectivity index (χ1) is 10.5. The van der Waals surface area contributed by atoms with Gasteiger partial charge < -0.3 is 10.0 Å². The number of terminal acetylenes is 1. The second kappa shape index (κ2) is 10.2. The lowest BCUT2D eigenvalue weighted by molar-refractivity contribution is 0.0252. The van der Waals surface area contributed by atoms with Crippen LogP contribution in [0.3, 0.4) is 0 Å². The fourth-order valence-electron chi connectivity index (χ4n) is 2.77. The Morgan fingerprint density at radius 1 is 1.09 bits per heavy atom. The van der Waals surface area contributed by atoms with E-state index in [2.05, 4.69) is 5.92 Å². The molecule has 126 valence electrons. The smallest absolute Gasteiger partial charge is 0.284 e. The fraction of sp³-hybridized carbons (Fsp3) is 0.833. The van der Waals surface area contributed by atoms with E-state index in [1.54, 1.807) is 4.90 Å². The summed E-state index contributed by atoms with van der Waals surface area (Å²) in [6.45, 7) is 4.52. The summed E-state index contributed by atoms with van der Waals surface area (Å²) in [7, 11) is 0. The van der Waals surface area contributed by atoms with Crippen LogP contribution in [0.2, 0.25) is 0 Å². The van der Waals surface area contributed by atoms with E-state index in [4.69, 9.17) is 6.42 Å². The Kier molecular flexibility index (Phi) is 8.97. The molecule has 1 amide bonds. The van der Waals surface area contributed by atoms with Gasteiger partial charge in [-0.15, -0.1) is 12.3 Å². The van der Waals surface area contributed by atoms with Crippen LogP contribution in [0.25, 0.3) is 0 Å². The van der Waals surface area contributed by atoms with Gasteiger partial charge in [0.25, 0.3) is 5.24 Å². The first-order valence-corrected chi connectivity index (χ1v) is 9.42. The highest BCUT2D eigenvalue weighted by molar-refractivity contribution is 8.15. The Labute approximate surface area is 140 Å². The zero-order chi connectivity index (χ0) is 16.4. The van der Waals surface area contributed by atoms with E-state index < -0.39 is 6.23 Å². The number of aliphatic hydroxyl groups is 1. The normalized spacial score (nSPS) is 20.4. The van der Waals surface area contributed by atoms with E-state index in [0.717, 1.165) is 25.7 Å². The molecular weight excluding hydrogens is 294 g/mol. The van der Waals surface area contributed by atoms with Crippen molar-refractivity contribution in [3.05, 3.63) is 0 Å². The van der Waals surface area contributed by atoms with Crippen LogP contribution < -0.4 is 0 Å². The van der Waals surface area contributed by atoms with E-state index >= 15 is 0 Å². The fourth-order valence-corrected chi connectivity index (χ4v) is 3.76. The maximum absolute atomic E-state index is 11.8. The molecule has 3 nitrogen and oxygen atoms in total. The van der Waals surface area contributed by atoms with Crippen LogP contribution in [-0.2, 0) is 0 Å². The summed E-state index contributed by atoms with van der Waals surface area (Å²) in [6.07, 6.45) is 16.4. The summed E-state index contributed by atoms with van der Waals surface area (Å²) in [5.41, 5.74) is 0. The minimum atomic E-state index is -0.645. The van der Waals surface area contributed by atoms with Gasteiger partial charge in [0, 0.05) is 13.0 Å². The van der Waals surface area contributed by atoms with Gasteiger partial charge in [0.1, 0.15) is 6.23 Å². The number of hydrogen-bond donors (Lipinski definition) is 1. The third-order valence-electron chi connectivity index (χ3n) is 4.22. The first kappa shape index (κ1) is 19.4. The summed E-state index contributed by atoms with van der Waals surface area (Å²) in [6, 6.07) is 0. The molecule has 0 aromatic carbocycles. The number of carbonyl (C=O) groups excluding carboxylic acids is 1. The molecule has 1 saturated heterocycles. The molecule has 1 heterocycles. The molecule has 0 aliphatic carbocycles. The number of amides is 1. The molecule has 0 aromatic rings. The van der Waals surface area contributed by atoms with Gasteiger partial charge in [0.05, 0.1) is 4.75 Å². The molecule has 1 unspecified atom stereocenters. The molecule has 0 aromatic heterocycles. The van der Waals surface area contributed by atoms with Gasteiger partial charge in [-0.2, -0.15) is 0 Å². The molecule has 1 fully saturated rings. The highest BCUT2D eigenvalue weighted by atomic mass is 32.2. The van der Waals surface area contributed by atoms with Gasteiger partial charge in [-0.05, 0) is 26.7 Å². The molecule has 0 spiro atoms. The highest BCUT2D eigenvalue weighted by Gasteiger charge is 2.45. The van der Waals surface area contributed by atoms with Gasteiger partial charge in [-0.3, -0.25) is 4.79 Å². The van der Waals surface area contributed by atoms with Crippen molar-refractivity contribution in [2.24, 2.45) is 0 Å². The van der Waals surface area contributed by atoms with Crippen molar-refractivity contribution < 1.29 is 9.90 Å². The molecule has 0 saturated carbocycles. The van der Waals surface area contributed by atoms with Crippen LogP contribution in [0.15, 0.2) is 0 Å². The molecular formula is C18H31NO2S. The van der Waals surface area contributed by atoms with Crippen molar-refractivity contribution in [3.8, 4) is 12.3 Å². The lowest BCUT2D eigenvalue weighted by Gasteiger charge is -2.25. The van der Waals surface area contributed by atoms with Crippen molar-refractivity contribution in [3.63, 3.8) is 0 Å². The van der Waals surface area contributed by atoms with Crippen LogP contribution in [-0.4, -0.2) is 32.8 Å². The van der Waals surface area contributed by atoms with E-state index in [1.807, 2.05) is 13.8 Å². The highest BCUT2D eigenvalue weighted by Crippen LogP contribution is 2.39. The number of aliphatic hydroxyl groups excluding tert-OH is 1. The quantitative estimate of drug-likeness (QED) is 0.439. The molecule has 1 atom stereocenters.